The van der Waals surface area contributed by atoms with E-state index in [2.05, 4.69) is 29.6 Å². The van der Waals surface area contributed by atoms with Crippen molar-refractivity contribution in [2.24, 2.45) is 5.41 Å². The Bertz CT molecular complexity index is 1030. The third kappa shape index (κ3) is 5.48. The fourth-order valence-corrected chi connectivity index (χ4v) is 5.09. The number of carboxylic acids is 1. The Kier molecular flexibility index (Phi) is 7.70. The lowest BCUT2D eigenvalue weighted by atomic mass is 9.78. The van der Waals surface area contributed by atoms with Gasteiger partial charge in [0.1, 0.15) is 6.61 Å². The zero-order valence-corrected chi connectivity index (χ0v) is 20.0. The number of alkyl carbamates (subject to hydrolysis) is 1. The van der Waals surface area contributed by atoms with Crippen LogP contribution in [0.4, 0.5) is 4.79 Å². The smallest absolute Gasteiger partial charge is 0.407 e. The molecule has 8 nitrogen and oxygen atoms in total. The van der Waals surface area contributed by atoms with Gasteiger partial charge in [0.25, 0.3) is 0 Å². The van der Waals surface area contributed by atoms with E-state index < -0.39 is 17.5 Å². The normalized spacial score (nSPS) is 16.1. The number of nitrogens with one attached hydrogen (secondary N) is 1. The van der Waals surface area contributed by atoms with E-state index in [9.17, 15) is 14.4 Å². The summed E-state index contributed by atoms with van der Waals surface area (Å²) in [6.07, 6.45) is 0.798. The molecule has 186 valence electrons. The van der Waals surface area contributed by atoms with E-state index in [0.29, 0.717) is 39.0 Å². The molecule has 8 heteroatoms. The van der Waals surface area contributed by atoms with Crippen LogP contribution in [-0.2, 0) is 19.1 Å². The van der Waals surface area contributed by atoms with E-state index >= 15 is 0 Å². The Labute approximate surface area is 205 Å². The molecular weight excluding hydrogens is 448 g/mol. The maximum Gasteiger partial charge on any atom is 0.407 e. The molecule has 0 bridgehead atoms. The van der Waals surface area contributed by atoms with Gasteiger partial charge >= 0.3 is 12.1 Å². The predicted octanol–water partition coefficient (Wildman–Crippen LogP) is 3.65. The van der Waals surface area contributed by atoms with Crippen molar-refractivity contribution in [1.29, 1.82) is 0 Å². The van der Waals surface area contributed by atoms with Gasteiger partial charge in [-0.25, -0.2) is 4.79 Å². The number of nitrogens with zero attached hydrogens (tertiary/aromatic N) is 1. The first-order valence-corrected chi connectivity index (χ1v) is 12.1. The van der Waals surface area contributed by atoms with Gasteiger partial charge in [0.05, 0.1) is 5.41 Å². The van der Waals surface area contributed by atoms with E-state index in [-0.39, 0.29) is 31.4 Å². The summed E-state index contributed by atoms with van der Waals surface area (Å²) < 4.78 is 11.1. The van der Waals surface area contributed by atoms with Crippen molar-refractivity contribution in [3.8, 4) is 11.1 Å². The minimum absolute atomic E-state index is 0.00569. The quantitative estimate of drug-likeness (QED) is 0.568. The molecule has 1 aliphatic heterocycles. The predicted molar refractivity (Wildman–Crippen MR) is 130 cm³/mol. The minimum Gasteiger partial charge on any atom is -0.481 e. The van der Waals surface area contributed by atoms with E-state index in [1.165, 1.54) is 0 Å². The van der Waals surface area contributed by atoms with Gasteiger partial charge in [0, 0.05) is 45.7 Å². The first kappa shape index (κ1) is 24.7. The van der Waals surface area contributed by atoms with Crippen LogP contribution in [0.25, 0.3) is 11.1 Å². The molecule has 1 heterocycles. The summed E-state index contributed by atoms with van der Waals surface area (Å²) in [6.45, 7) is 1.56. The van der Waals surface area contributed by atoms with Crippen LogP contribution in [0.5, 0.6) is 0 Å². The summed E-state index contributed by atoms with van der Waals surface area (Å²) in [5, 5.41) is 11.7. The molecule has 1 saturated heterocycles. The largest absolute Gasteiger partial charge is 0.481 e. The van der Waals surface area contributed by atoms with Gasteiger partial charge in [0.2, 0.25) is 5.91 Å². The summed E-state index contributed by atoms with van der Waals surface area (Å²) in [7, 11) is 1.68. The highest BCUT2D eigenvalue weighted by Crippen LogP contribution is 2.44. The average molecular weight is 481 g/mol. The van der Waals surface area contributed by atoms with Gasteiger partial charge in [-0.1, -0.05) is 48.5 Å². The molecule has 1 fully saturated rings. The van der Waals surface area contributed by atoms with E-state index in [1.807, 2.05) is 24.3 Å². The van der Waals surface area contributed by atoms with Crippen LogP contribution in [0.1, 0.15) is 42.7 Å². The lowest BCUT2D eigenvalue weighted by Gasteiger charge is -2.38. The monoisotopic (exact) mass is 480 g/mol. The van der Waals surface area contributed by atoms with Crippen LogP contribution in [-0.4, -0.2) is 67.9 Å². The van der Waals surface area contributed by atoms with Crippen LogP contribution in [0.15, 0.2) is 48.5 Å². The first-order valence-electron chi connectivity index (χ1n) is 12.1. The van der Waals surface area contributed by atoms with Gasteiger partial charge in [-0.15, -0.1) is 0 Å². The number of rotatable bonds is 9. The second-order valence-corrected chi connectivity index (χ2v) is 9.30. The van der Waals surface area contributed by atoms with Gasteiger partial charge in [-0.3, -0.25) is 9.59 Å². The highest BCUT2D eigenvalue weighted by atomic mass is 16.5. The third-order valence-corrected chi connectivity index (χ3v) is 7.05. The molecule has 2 aromatic carbocycles. The van der Waals surface area contributed by atoms with E-state index in [4.69, 9.17) is 14.6 Å². The van der Waals surface area contributed by atoms with Crippen LogP contribution < -0.4 is 5.32 Å². The second kappa shape index (κ2) is 10.9. The van der Waals surface area contributed by atoms with Crippen molar-refractivity contribution < 1.29 is 29.0 Å². The number of ether oxygens (including phenoxy) is 2. The molecule has 0 saturated carbocycles. The highest BCUT2D eigenvalue weighted by molar-refractivity contribution is 5.84. The van der Waals surface area contributed by atoms with E-state index in [1.54, 1.807) is 11.9 Å². The molecular formula is C27H32N2O6. The topological polar surface area (TPSA) is 105 Å². The van der Waals surface area contributed by atoms with Gasteiger partial charge < -0.3 is 24.8 Å². The summed E-state index contributed by atoms with van der Waals surface area (Å²) in [5.41, 5.74) is 3.81. The Balaban J connectivity index is 1.36. The molecule has 2 aromatic rings. The number of hydrogen-bond acceptors (Lipinski definition) is 5. The molecule has 0 spiro atoms. The number of aliphatic carboxylic acids is 1. The number of fused-ring (bicyclic) bond motifs is 3. The lowest BCUT2D eigenvalue weighted by Crippen LogP contribution is -2.52. The number of hydrogen-bond donors (Lipinski definition) is 2. The van der Waals surface area contributed by atoms with Crippen molar-refractivity contribution in [2.45, 2.75) is 31.6 Å². The number of carbonyl (C=O) groups is 3. The molecule has 2 aliphatic rings. The Morgan fingerprint density at radius 2 is 1.66 bits per heavy atom. The fraction of sp³-hybridized carbons (Fsp3) is 0.444. The van der Waals surface area contributed by atoms with Crippen molar-refractivity contribution in [2.75, 3.05) is 40.0 Å². The molecule has 2 N–H and O–H groups in total. The van der Waals surface area contributed by atoms with Crippen molar-refractivity contribution >= 4 is 18.0 Å². The molecule has 35 heavy (non-hydrogen) atoms. The minimum atomic E-state index is -0.886. The molecule has 0 aromatic heterocycles. The molecule has 0 unspecified atom stereocenters. The Morgan fingerprint density at radius 1 is 1.06 bits per heavy atom. The van der Waals surface area contributed by atoms with E-state index in [0.717, 1.165) is 22.3 Å². The number of carbonyl (C=O) groups excluding carboxylic acids is 2. The molecule has 0 atom stereocenters. The van der Waals surface area contributed by atoms with Crippen LogP contribution in [0.2, 0.25) is 0 Å². The molecule has 0 radical (unpaired) electrons. The van der Waals surface area contributed by atoms with Crippen molar-refractivity contribution in [3.63, 3.8) is 0 Å². The standard InChI is InChI=1S/C27H32N2O6/c1-29(14-6-11-24(30)31)25(32)27(12-15-34-16-13-27)18-28-26(33)35-17-23-21-9-4-2-7-19(21)20-8-3-5-10-22(20)23/h2-5,7-10,23H,6,11-18H2,1H3,(H,28,33)(H,30,31). The maximum atomic E-state index is 13.3. The van der Waals surface area contributed by atoms with Crippen LogP contribution in [0, 0.1) is 5.41 Å². The SMILES string of the molecule is CN(CCCC(=O)O)C(=O)C1(CNC(=O)OCC2c3ccccc3-c3ccccc32)CCOCC1. The Hall–Kier alpha value is -3.39. The van der Waals surface area contributed by atoms with Crippen molar-refractivity contribution in [3.05, 3.63) is 59.7 Å². The van der Waals surface area contributed by atoms with Gasteiger partial charge in [-0.2, -0.15) is 0 Å². The van der Waals surface area contributed by atoms with Crippen molar-refractivity contribution in [1.82, 2.24) is 10.2 Å². The summed E-state index contributed by atoms with van der Waals surface area (Å²) in [4.78, 5) is 38.3. The van der Waals surface area contributed by atoms with Crippen LogP contribution >= 0.6 is 0 Å². The third-order valence-electron chi connectivity index (χ3n) is 7.05. The van der Waals surface area contributed by atoms with Crippen LogP contribution in [0.3, 0.4) is 0 Å². The zero-order valence-electron chi connectivity index (χ0n) is 20.0. The average Bonchev–Trinajstić information content (AvgIpc) is 3.19. The summed E-state index contributed by atoms with van der Waals surface area (Å²) >= 11 is 0. The zero-order chi connectivity index (χ0) is 24.8. The number of amides is 2. The fourth-order valence-electron chi connectivity index (χ4n) is 5.09. The second-order valence-electron chi connectivity index (χ2n) is 9.30. The molecule has 1 aliphatic carbocycles. The Morgan fingerprint density at radius 3 is 2.26 bits per heavy atom. The first-order chi connectivity index (χ1) is 16.9. The molecule has 4 rings (SSSR count). The lowest BCUT2D eigenvalue weighted by molar-refractivity contribution is -0.147. The summed E-state index contributed by atoms with van der Waals surface area (Å²) in [5.74, 6) is -1.03. The number of benzene rings is 2. The van der Waals surface area contributed by atoms with Gasteiger partial charge in [-0.05, 0) is 41.5 Å². The molecule has 2 amide bonds. The number of carboxylic acid groups (broad SMARTS) is 1. The van der Waals surface area contributed by atoms with Gasteiger partial charge in [0.15, 0.2) is 0 Å². The summed E-state index contributed by atoms with van der Waals surface area (Å²) in [6, 6.07) is 16.3. The highest BCUT2D eigenvalue weighted by Gasteiger charge is 2.42. The maximum absolute atomic E-state index is 13.3.